The molecule has 0 radical (unpaired) electrons. The van der Waals surface area contributed by atoms with Gasteiger partial charge in [-0.25, -0.2) is 0 Å². The van der Waals surface area contributed by atoms with Gasteiger partial charge in [0.15, 0.2) is 0 Å². The summed E-state index contributed by atoms with van der Waals surface area (Å²) in [6.45, 7) is 6.05. The van der Waals surface area contributed by atoms with Gasteiger partial charge in [-0.1, -0.05) is 50.6 Å². The van der Waals surface area contributed by atoms with E-state index in [2.05, 4.69) is 13.8 Å². The summed E-state index contributed by atoms with van der Waals surface area (Å²) in [5.74, 6) is 0.293. The summed E-state index contributed by atoms with van der Waals surface area (Å²) in [6.07, 6.45) is 1.36. The maximum atomic E-state index is 11.6. The van der Waals surface area contributed by atoms with E-state index in [0.717, 1.165) is 12.0 Å². The van der Waals surface area contributed by atoms with Crippen molar-refractivity contribution < 1.29 is 9.53 Å². The van der Waals surface area contributed by atoms with Gasteiger partial charge in [0, 0.05) is 6.42 Å². The van der Waals surface area contributed by atoms with Crippen molar-refractivity contribution in [2.24, 2.45) is 5.92 Å². The highest BCUT2D eigenvalue weighted by atomic mass is 16.5. The van der Waals surface area contributed by atoms with E-state index in [1.165, 1.54) is 0 Å². The SMILES string of the molecule is CCC(C)CC(=O)OC(C)c1ccccc1. The first-order chi connectivity index (χ1) is 7.63. The van der Waals surface area contributed by atoms with Crippen LogP contribution in [0.5, 0.6) is 0 Å². The van der Waals surface area contributed by atoms with Crippen molar-refractivity contribution in [1.82, 2.24) is 0 Å². The van der Waals surface area contributed by atoms with Crippen LogP contribution in [0, 0.1) is 5.92 Å². The molecule has 2 atom stereocenters. The molecule has 1 aromatic rings. The lowest BCUT2D eigenvalue weighted by Gasteiger charge is -2.15. The van der Waals surface area contributed by atoms with Crippen molar-refractivity contribution in [3.63, 3.8) is 0 Å². The van der Waals surface area contributed by atoms with Gasteiger partial charge >= 0.3 is 5.97 Å². The Hall–Kier alpha value is -1.31. The number of carbonyl (C=O) groups is 1. The molecule has 0 fully saturated rings. The quantitative estimate of drug-likeness (QED) is 0.707. The van der Waals surface area contributed by atoms with Gasteiger partial charge in [-0.15, -0.1) is 0 Å². The first-order valence-corrected chi connectivity index (χ1v) is 5.88. The first-order valence-electron chi connectivity index (χ1n) is 5.88. The predicted octanol–water partition coefficient (Wildman–Crippen LogP) is 3.73. The zero-order valence-corrected chi connectivity index (χ0v) is 10.3. The van der Waals surface area contributed by atoms with Crippen molar-refractivity contribution in [2.75, 3.05) is 0 Å². The van der Waals surface area contributed by atoms with E-state index in [4.69, 9.17) is 4.74 Å². The Kier molecular flexibility index (Phi) is 5.03. The molecule has 1 rings (SSSR count). The molecule has 0 N–H and O–H groups in total. The molecule has 1 aromatic carbocycles. The zero-order chi connectivity index (χ0) is 12.0. The standard InChI is InChI=1S/C14H20O2/c1-4-11(2)10-14(15)16-12(3)13-8-6-5-7-9-13/h5-9,11-12H,4,10H2,1-3H3. The van der Waals surface area contributed by atoms with E-state index in [1.54, 1.807) is 0 Å². The Morgan fingerprint density at radius 1 is 1.25 bits per heavy atom. The fourth-order valence-electron chi connectivity index (χ4n) is 1.47. The van der Waals surface area contributed by atoms with Crippen LogP contribution in [0.25, 0.3) is 0 Å². The maximum Gasteiger partial charge on any atom is 0.306 e. The number of esters is 1. The summed E-state index contributed by atoms with van der Waals surface area (Å²) in [4.78, 5) is 11.6. The molecule has 0 saturated heterocycles. The lowest BCUT2D eigenvalue weighted by atomic mass is 10.1. The molecule has 2 unspecified atom stereocenters. The molecular weight excluding hydrogens is 200 g/mol. The van der Waals surface area contributed by atoms with Crippen molar-refractivity contribution in [2.45, 2.75) is 39.7 Å². The van der Waals surface area contributed by atoms with E-state index in [1.807, 2.05) is 37.3 Å². The van der Waals surface area contributed by atoms with Gasteiger partial charge in [-0.05, 0) is 18.4 Å². The highest BCUT2D eigenvalue weighted by Crippen LogP contribution is 2.18. The number of carbonyl (C=O) groups excluding carboxylic acids is 1. The van der Waals surface area contributed by atoms with Crippen molar-refractivity contribution in [3.05, 3.63) is 35.9 Å². The molecule has 0 aromatic heterocycles. The lowest BCUT2D eigenvalue weighted by molar-refractivity contribution is -0.149. The molecule has 16 heavy (non-hydrogen) atoms. The molecule has 0 aliphatic rings. The third kappa shape index (κ3) is 4.05. The average molecular weight is 220 g/mol. The van der Waals surface area contributed by atoms with E-state index in [9.17, 15) is 4.79 Å². The van der Waals surface area contributed by atoms with Gasteiger partial charge in [-0.3, -0.25) is 4.79 Å². The average Bonchev–Trinajstić information content (AvgIpc) is 2.29. The number of benzene rings is 1. The Bertz CT molecular complexity index is 319. The molecule has 2 nitrogen and oxygen atoms in total. The summed E-state index contributed by atoms with van der Waals surface area (Å²) in [5, 5.41) is 0. The van der Waals surface area contributed by atoms with E-state index in [-0.39, 0.29) is 12.1 Å². The normalized spacial score (nSPS) is 14.2. The third-order valence-electron chi connectivity index (χ3n) is 2.79. The monoisotopic (exact) mass is 220 g/mol. The van der Waals surface area contributed by atoms with Crippen LogP contribution >= 0.6 is 0 Å². The molecule has 88 valence electrons. The van der Waals surface area contributed by atoms with Crippen LogP contribution in [0.4, 0.5) is 0 Å². The second-order valence-corrected chi connectivity index (χ2v) is 4.26. The highest BCUT2D eigenvalue weighted by Gasteiger charge is 2.13. The van der Waals surface area contributed by atoms with Gasteiger partial charge < -0.3 is 4.74 Å². The maximum absolute atomic E-state index is 11.6. The molecule has 0 aliphatic heterocycles. The molecule has 0 bridgehead atoms. The molecule has 0 aliphatic carbocycles. The van der Waals surface area contributed by atoms with Crippen LogP contribution in [0.3, 0.4) is 0 Å². The molecule has 2 heteroatoms. The lowest BCUT2D eigenvalue weighted by Crippen LogP contribution is -2.11. The highest BCUT2D eigenvalue weighted by molar-refractivity contribution is 5.69. The molecule has 0 heterocycles. The second kappa shape index (κ2) is 6.31. The summed E-state index contributed by atoms with van der Waals surface area (Å²) in [6, 6.07) is 9.81. The third-order valence-corrected chi connectivity index (χ3v) is 2.79. The van der Waals surface area contributed by atoms with Crippen molar-refractivity contribution in [3.8, 4) is 0 Å². The second-order valence-electron chi connectivity index (χ2n) is 4.26. The number of hydrogen-bond donors (Lipinski definition) is 0. The molecule has 0 amide bonds. The Balaban J connectivity index is 2.46. The zero-order valence-electron chi connectivity index (χ0n) is 10.3. The number of rotatable bonds is 5. The first kappa shape index (κ1) is 12.8. The van der Waals surface area contributed by atoms with Crippen LogP contribution in [-0.2, 0) is 9.53 Å². The largest absolute Gasteiger partial charge is 0.458 e. The summed E-state index contributed by atoms with van der Waals surface area (Å²) in [5.41, 5.74) is 1.04. The summed E-state index contributed by atoms with van der Waals surface area (Å²) in [7, 11) is 0. The van der Waals surface area contributed by atoms with Crippen LogP contribution in [0.15, 0.2) is 30.3 Å². The molecule has 0 saturated carbocycles. The van der Waals surface area contributed by atoms with E-state index >= 15 is 0 Å². The van der Waals surface area contributed by atoms with Crippen LogP contribution in [-0.4, -0.2) is 5.97 Å². The van der Waals surface area contributed by atoms with Crippen LogP contribution < -0.4 is 0 Å². The summed E-state index contributed by atoms with van der Waals surface area (Å²) >= 11 is 0. The Morgan fingerprint density at radius 3 is 2.44 bits per heavy atom. The van der Waals surface area contributed by atoms with Crippen LogP contribution in [0.2, 0.25) is 0 Å². The smallest absolute Gasteiger partial charge is 0.306 e. The molecule has 0 spiro atoms. The van der Waals surface area contributed by atoms with E-state index < -0.39 is 0 Å². The van der Waals surface area contributed by atoms with Gasteiger partial charge in [0.25, 0.3) is 0 Å². The topological polar surface area (TPSA) is 26.3 Å². The fraction of sp³-hybridized carbons (Fsp3) is 0.500. The minimum absolute atomic E-state index is 0.106. The molecular formula is C14H20O2. The Morgan fingerprint density at radius 2 is 1.88 bits per heavy atom. The summed E-state index contributed by atoms with van der Waals surface area (Å²) < 4.78 is 5.37. The van der Waals surface area contributed by atoms with Gasteiger partial charge in [0.05, 0.1) is 0 Å². The predicted molar refractivity (Wildman–Crippen MR) is 65.0 cm³/mol. The number of hydrogen-bond acceptors (Lipinski definition) is 2. The Labute approximate surface area is 97.6 Å². The van der Waals surface area contributed by atoms with Crippen molar-refractivity contribution in [1.29, 1.82) is 0 Å². The van der Waals surface area contributed by atoms with Crippen LogP contribution in [0.1, 0.15) is 45.3 Å². The fourth-order valence-corrected chi connectivity index (χ4v) is 1.47. The van der Waals surface area contributed by atoms with Crippen molar-refractivity contribution >= 4 is 5.97 Å². The minimum Gasteiger partial charge on any atom is -0.458 e. The van der Waals surface area contributed by atoms with E-state index in [0.29, 0.717) is 12.3 Å². The minimum atomic E-state index is -0.155. The van der Waals surface area contributed by atoms with Gasteiger partial charge in [0.2, 0.25) is 0 Å². The number of ether oxygens (including phenoxy) is 1. The van der Waals surface area contributed by atoms with Gasteiger partial charge in [-0.2, -0.15) is 0 Å². The van der Waals surface area contributed by atoms with Gasteiger partial charge in [0.1, 0.15) is 6.10 Å².